The Bertz CT molecular complexity index is 513. The molecule has 0 radical (unpaired) electrons. The van der Waals surface area contributed by atoms with Gasteiger partial charge < -0.3 is 14.6 Å². The number of ether oxygens (including phenoxy) is 2. The predicted molar refractivity (Wildman–Crippen MR) is 111 cm³/mol. The standard InChI is InChI=1S/C23H38O4/c1-3-5-7-9-11-13-17-26-21-16-15-20(19-24)22(25)23(21)27-18-14-12-10-8-6-4-2/h15-16,19,25H,3-14,17-18H2,1-2H3. The monoisotopic (exact) mass is 378 g/mol. The lowest BCUT2D eigenvalue weighted by atomic mass is 10.1. The van der Waals surface area contributed by atoms with E-state index in [-0.39, 0.29) is 11.3 Å². The molecule has 1 aromatic carbocycles. The van der Waals surface area contributed by atoms with E-state index < -0.39 is 0 Å². The Morgan fingerprint density at radius 1 is 0.778 bits per heavy atom. The van der Waals surface area contributed by atoms with E-state index in [4.69, 9.17) is 9.47 Å². The molecule has 0 fully saturated rings. The summed E-state index contributed by atoms with van der Waals surface area (Å²) in [6, 6.07) is 3.30. The number of aldehydes is 1. The average Bonchev–Trinajstić information content (AvgIpc) is 2.68. The zero-order valence-electron chi connectivity index (χ0n) is 17.3. The van der Waals surface area contributed by atoms with Gasteiger partial charge in [0.2, 0.25) is 5.75 Å². The van der Waals surface area contributed by atoms with Crippen LogP contribution in [0.1, 0.15) is 101 Å². The first-order valence-electron chi connectivity index (χ1n) is 10.8. The van der Waals surface area contributed by atoms with Crippen molar-refractivity contribution < 1.29 is 19.4 Å². The quantitative estimate of drug-likeness (QED) is 0.242. The summed E-state index contributed by atoms with van der Waals surface area (Å²) in [6.45, 7) is 5.54. The van der Waals surface area contributed by atoms with Gasteiger partial charge in [0.05, 0.1) is 18.8 Å². The van der Waals surface area contributed by atoms with Gasteiger partial charge in [0, 0.05) is 0 Å². The van der Waals surface area contributed by atoms with Gasteiger partial charge in [-0.3, -0.25) is 4.79 Å². The van der Waals surface area contributed by atoms with E-state index >= 15 is 0 Å². The first-order chi connectivity index (χ1) is 13.2. The molecule has 154 valence electrons. The molecule has 0 atom stereocenters. The van der Waals surface area contributed by atoms with Crippen LogP contribution in [-0.2, 0) is 0 Å². The van der Waals surface area contributed by atoms with E-state index in [2.05, 4.69) is 13.8 Å². The van der Waals surface area contributed by atoms with Gasteiger partial charge >= 0.3 is 0 Å². The highest BCUT2D eigenvalue weighted by molar-refractivity contribution is 5.82. The molecule has 4 nitrogen and oxygen atoms in total. The van der Waals surface area contributed by atoms with Crippen LogP contribution in [0.25, 0.3) is 0 Å². The molecule has 0 unspecified atom stereocenters. The lowest BCUT2D eigenvalue weighted by molar-refractivity contribution is 0.112. The van der Waals surface area contributed by atoms with Gasteiger partial charge in [0.1, 0.15) is 0 Å². The minimum Gasteiger partial charge on any atom is -0.504 e. The number of aromatic hydroxyl groups is 1. The first kappa shape index (κ1) is 23.3. The van der Waals surface area contributed by atoms with Crippen LogP contribution in [0, 0.1) is 0 Å². The molecule has 27 heavy (non-hydrogen) atoms. The molecule has 0 saturated heterocycles. The number of hydrogen-bond donors (Lipinski definition) is 1. The molecule has 0 aliphatic rings. The summed E-state index contributed by atoms with van der Waals surface area (Å²) in [4.78, 5) is 11.1. The summed E-state index contributed by atoms with van der Waals surface area (Å²) >= 11 is 0. The number of phenolic OH excluding ortho intramolecular Hbond substituents is 1. The first-order valence-corrected chi connectivity index (χ1v) is 10.8. The van der Waals surface area contributed by atoms with Gasteiger partial charge in [-0.15, -0.1) is 0 Å². The minimum absolute atomic E-state index is 0.114. The van der Waals surface area contributed by atoms with Crippen LogP contribution in [0.4, 0.5) is 0 Å². The molecule has 1 N–H and O–H groups in total. The summed E-state index contributed by atoms with van der Waals surface area (Å²) in [5, 5.41) is 10.3. The summed E-state index contributed by atoms with van der Waals surface area (Å²) < 4.78 is 11.6. The van der Waals surface area contributed by atoms with Crippen LogP contribution in [0.15, 0.2) is 12.1 Å². The molecule has 0 bridgehead atoms. The van der Waals surface area contributed by atoms with Gasteiger partial charge in [-0.05, 0) is 25.0 Å². The summed E-state index contributed by atoms with van der Waals surface area (Å²) in [5.74, 6) is 0.716. The second kappa shape index (κ2) is 15.4. The molecule has 0 spiro atoms. The summed E-state index contributed by atoms with van der Waals surface area (Å²) in [6.07, 6.45) is 14.8. The third-order valence-corrected chi connectivity index (χ3v) is 4.75. The highest BCUT2D eigenvalue weighted by Crippen LogP contribution is 2.39. The van der Waals surface area contributed by atoms with Gasteiger partial charge in [-0.25, -0.2) is 0 Å². The second-order valence-corrected chi connectivity index (χ2v) is 7.18. The van der Waals surface area contributed by atoms with Crippen molar-refractivity contribution in [3.05, 3.63) is 17.7 Å². The van der Waals surface area contributed by atoms with Crippen LogP contribution in [0.3, 0.4) is 0 Å². The van der Waals surface area contributed by atoms with E-state index in [0.29, 0.717) is 31.0 Å². The van der Waals surface area contributed by atoms with Gasteiger partial charge in [0.15, 0.2) is 17.8 Å². The molecule has 0 aromatic heterocycles. The fourth-order valence-electron chi connectivity index (χ4n) is 3.04. The average molecular weight is 379 g/mol. The largest absolute Gasteiger partial charge is 0.504 e. The lowest BCUT2D eigenvalue weighted by Crippen LogP contribution is -2.04. The smallest absolute Gasteiger partial charge is 0.204 e. The number of unbranched alkanes of at least 4 members (excludes halogenated alkanes) is 10. The highest BCUT2D eigenvalue weighted by Gasteiger charge is 2.15. The molecule has 0 saturated carbocycles. The number of hydrogen-bond acceptors (Lipinski definition) is 4. The van der Waals surface area contributed by atoms with Gasteiger partial charge in [0.25, 0.3) is 0 Å². The number of carbonyl (C=O) groups excluding carboxylic acids is 1. The fraction of sp³-hybridized carbons (Fsp3) is 0.696. The number of benzene rings is 1. The van der Waals surface area contributed by atoms with E-state index in [0.717, 1.165) is 25.7 Å². The maximum atomic E-state index is 11.1. The van der Waals surface area contributed by atoms with Crippen LogP contribution < -0.4 is 9.47 Å². The van der Waals surface area contributed by atoms with Crippen LogP contribution in [0.5, 0.6) is 17.2 Å². The Kier molecular flexibility index (Phi) is 13.3. The third kappa shape index (κ3) is 9.69. The SMILES string of the molecule is CCCCCCCCOc1ccc(C=O)c(O)c1OCCCCCCCC. The molecule has 1 aromatic rings. The van der Waals surface area contributed by atoms with Crippen molar-refractivity contribution in [2.24, 2.45) is 0 Å². The van der Waals surface area contributed by atoms with E-state index in [1.54, 1.807) is 12.1 Å². The molecule has 0 aliphatic heterocycles. The lowest BCUT2D eigenvalue weighted by Gasteiger charge is -2.15. The number of carbonyl (C=O) groups is 1. The van der Waals surface area contributed by atoms with Crippen molar-refractivity contribution in [2.45, 2.75) is 90.9 Å². The topological polar surface area (TPSA) is 55.8 Å². The maximum Gasteiger partial charge on any atom is 0.204 e. The Labute approximate surface area is 165 Å². The molecular formula is C23H38O4. The van der Waals surface area contributed by atoms with Crippen molar-refractivity contribution in [3.63, 3.8) is 0 Å². The van der Waals surface area contributed by atoms with Crippen molar-refractivity contribution in [1.82, 2.24) is 0 Å². The third-order valence-electron chi connectivity index (χ3n) is 4.75. The van der Waals surface area contributed by atoms with Gasteiger partial charge in [-0.2, -0.15) is 0 Å². The van der Waals surface area contributed by atoms with Crippen LogP contribution >= 0.6 is 0 Å². The minimum atomic E-state index is -0.114. The summed E-state index contributed by atoms with van der Waals surface area (Å²) in [7, 11) is 0. The van der Waals surface area contributed by atoms with E-state index in [1.165, 1.54) is 51.4 Å². The molecule has 4 heteroatoms. The van der Waals surface area contributed by atoms with Crippen LogP contribution in [-0.4, -0.2) is 24.6 Å². The summed E-state index contributed by atoms with van der Waals surface area (Å²) in [5.41, 5.74) is 0.236. The Morgan fingerprint density at radius 2 is 1.30 bits per heavy atom. The van der Waals surface area contributed by atoms with Crippen molar-refractivity contribution >= 4 is 6.29 Å². The molecule has 0 heterocycles. The second-order valence-electron chi connectivity index (χ2n) is 7.18. The highest BCUT2D eigenvalue weighted by atomic mass is 16.5. The molecule has 0 amide bonds. The Balaban J connectivity index is 2.46. The molecule has 0 aliphatic carbocycles. The Hall–Kier alpha value is -1.71. The van der Waals surface area contributed by atoms with E-state index in [1.807, 2.05) is 0 Å². The van der Waals surface area contributed by atoms with Crippen molar-refractivity contribution in [3.8, 4) is 17.2 Å². The zero-order valence-corrected chi connectivity index (χ0v) is 17.3. The normalized spacial score (nSPS) is 10.7. The number of rotatable bonds is 17. The molecule has 1 rings (SSSR count). The number of phenols is 1. The van der Waals surface area contributed by atoms with Crippen LogP contribution in [0.2, 0.25) is 0 Å². The fourth-order valence-corrected chi connectivity index (χ4v) is 3.04. The predicted octanol–water partition coefficient (Wildman–Crippen LogP) is 6.68. The van der Waals surface area contributed by atoms with Gasteiger partial charge in [-0.1, -0.05) is 78.1 Å². The molecular weight excluding hydrogens is 340 g/mol. The Morgan fingerprint density at radius 3 is 1.85 bits per heavy atom. The van der Waals surface area contributed by atoms with Crippen molar-refractivity contribution in [1.29, 1.82) is 0 Å². The zero-order chi connectivity index (χ0) is 19.7. The van der Waals surface area contributed by atoms with Crippen molar-refractivity contribution in [2.75, 3.05) is 13.2 Å². The maximum absolute atomic E-state index is 11.1. The van der Waals surface area contributed by atoms with E-state index in [9.17, 15) is 9.90 Å².